The zero-order valence-corrected chi connectivity index (χ0v) is 15.3. The zero-order valence-electron chi connectivity index (χ0n) is 15.3. The summed E-state index contributed by atoms with van der Waals surface area (Å²) < 4.78 is 7.56. The molecule has 6 heteroatoms. The number of benzene rings is 1. The summed E-state index contributed by atoms with van der Waals surface area (Å²) in [5.41, 5.74) is 3.49. The van der Waals surface area contributed by atoms with Gasteiger partial charge in [-0.25, -0.2) is 0 Å². The highest BCUT2D eigenvalue weighted by atomic mass is 16.5. The second kappa shape index (κ2) is 9.17. The van der Waals surface area contributed by atoms with E-state index in [4.69, 9.17) is 4.74 Å². The first kappa shape index (κ1) is 18.2. The average molecular weight is 354 g/mol. The van der Waals surface area contributed by atoms with Crippen LogP contribution in [-0.2, 0) is 11.2 Å². The molecule has 26 heavy (non-hydrogen) atoms. The van der Waals surface area contributed by atoms with Gasteiger partial charge in [0, 0.05) is 6.54 Å². The van der Waals surface area contributed by atoms with Crippen molar-refractivity contribution in [3.63, 3.8) is 0 Å². The van der Waals surface area contributed by atoms with Crippen molar-refractivity contribution in [2.75, 3.05) is 13.2 Å². The number of allylic oxidation sites excluding steroid dienone is 1. The Balaban J connectivity index is 1.53. The van der Waals surface area contributed by atoms with Gasteiger partial charge in [-0.1, -0.05) is 24.6 Å². The van der Waals surface area contributed by atoms with Gasteiger partial charge in [0.05, 0.1) is 5.69 Å². The molecule has 1 amide bonds. The standard InChI is InChI=1S/C20H26N4O2/c1-2-16-8-9-19(18(12-16)24-14-22-23-15-24)26-13-20(25)21-11-10-17-6-4-3-5-7-17/h6,8-9,12,14-15H,2-5,7,10-11,13H2,1H3,(H,21,25). The van der Waals surface area contributed by atoms with E-state index in [1.165, 1.54) is 36.8 Å². The summed E-state index contributed by atoms with van der Waals surface area (Å²) >= 11 is 0. The monoisotopic (exact) mass is 354 g/mol. The molecule has 6 nitrogen and oxygen atoms in total. The van der Waals surface area contributed by atoms with Gasteiger partial charge in [0.1, 0.15) is 18.4 Å². The van der Waals surface area contributed by atoms with Gasteiger partial charge in [-0.2, -0.15) is 0 Å². The molecule has 0 spiro atoms. The molecule has 1 N–H and O–H groups in total. The molecular weight excluding hydrogens is 328 g/mol. The molecule has 1 heterocycles. The lowest BCUT2D eigenvalue weighted by molar-refractivity contribution is -0.123. The summed E-state index contributed by atoms with van der Waals surface area (Å²) in [5, 5.41) is 10.6. The molecule has 1 aromatic heterocycles. The van der Waals surface area contributed by atoms with Crippen LogP contribution in [0.5, 0.6) is 5.75 Å². The van der Waals surface area contributed by atoms with Gasteiger partial charge in [0.25, 0.3) is 5.91 Å². The molecule has 1 aromatic carbocycles. The minimum absolute atomic E-state index is 0.000352. The highest BCUT2D eigenvalue weighted by Crippen LogP contribution is 2.24. The van der Waals surface area contributed by atoms with Crippen molar-refractivity contribution in [3.8, 4) is 11.4 Å². The quantitative estimate of drug-likeness (QED) is 0.739. The average Bonchev–Trinajstić information content (AvgIpc) is 3.22. The van der Waals surface area contributed by atoms with Gasteiger partial charge in [-0.3, -0.25) is 9.36 Å². The maximum atomic E-state index is 12.1. The van der Waals surface area contributed by atoms with Crippen molar-refractivity contribution < 1.29 is 9.53 Å². The van der Waals surface area contributed by atoms with E-state index in [0.29, 0.717) is 12.3 Å². The second-order valence-corrected chi connectivity index (χ2v) is 6.52. The normalized spacial score (nSPS) is 14.0. The highest BCUT2D eigenvalue weighted by Gasteiger charge is 2.10. The third kappa shape index (κ3) is 4.94. The molecule has 0 aliphatic heterocycles. The van der Waals surface area contributed by atoms with Crippen molar-refractivity contribution in [2.24, 2.45) is 0 Å². The highest BCUT2D eigenvalue weighted by molar-refractivity contribution is 5.77. The Bertz CT molecular complexity index is 753. The Hall–Kier alpha value is -2.63. The Morgan fingerprint density at radius 3 is 2.85 bits per heavy atom. The first-order valence-corrected chi connectivity index (χ1v) is 9.31. The lowest BCUT2D eigenvalue weighted by atomic mass is 9.97. The first-order chi connectivity index (χ1) is 12.8. The number of nitrogens with one attached hydrogen (secondary N) is 1. The molecule has 0 unspecified atom stereocenters. The van der Waals surface area contributed by atoms with Crippen LogP contribution in [0.25, 0.3) is 5.69 Å². The molecule has 3 rings (SSSR count). The summed E-state index contributed by atoms with van der Waals surface area (Å²) in [7, 11) is 0. The number of hydrogen-bond donors (Lipinski definition) is 1. The number of aryl methyl sites for hydroxylation is 1. The maximum Gasteiger partial charge on any atom is 0.257 e. The van der Waals surface area contributed by atoms with Gasteiger partial charge in [0.2, 0.25) is 0 Å². The van der Waals surface area contributed by atoms with Crippen LogP contribution in [-0.4, -0.2) is 33.8 Å². The summed E-state index contributed by atoms with van der Waals surface area (Å²) in [4.78, 5) is 12.1. The molecule has 0 fully saturated rings. The van der Waals surface area contributed by atoms with Crippen LogP contribution < -0.4 is 10.1 Å². The van der Waals surface area contributed by atoms with Crippen LogP contribution in [0.2, 0.25) is 0 Å². The molecule has 0 saturated carbocycles. The number of carbonyl (C=O) groups is 1. The summed E-state index contributed by atoms with van der Waals surface area (Å²) in [6, 6.07) is 5.94. The van der Waals surface area contributed by atoms with Gasteiger partial charge >= 0.3 is 0 Å². The lowest BCUT2D eigenvalue weighted by Gasteiger charge is -2.14. The molecule has 1 aliphatic rings. The predicted octanol–water partition coefficient (Wildman–Crippen LogP) is 3.22. The molecule has 0 bridgehead atoms. The summed E-state index contributed by atoms with van der Waals surface area (Å²) in [5.74, 6) is 0.544. The fraction of sp³-hybridized carbons (Fsp3) is 0.450. The maximum absolute atomic E-state index is 12.1. The van der Waals surface area contributed by atoms with E-state index >= 15 is 0 Å². The van der Waals surface area contributed by atoms with Crippen LogP contribution in [0.1, 0.15) is 44.6 Å². The van der Waals surface area contributed by atoms with Crippen LogP contribution in [0.15, 0.2) is 42.5 Å². The molecule has 0 radical (unpaired) electrons. The van der Waals surface area contributed by atoms with E-state index < -0.39 is 0 Å². The van der Waals surface area contributed by atoms with Crippen molar-refractivity contribution in [1.29, 1.82) is 0 Å². The third-order valence-electron chi connectivity index (χ3n) is 4.64. The topological polar surface area (TPSA) is 69.0 Å². The minimum Gasteiger partial charge on any atom is -0.482 e. The molecule has 0 saturated heterocycles. The van der Waals surface area contributed by atoms with Crippen molar-refractivity contribution in [2.45, 2.75) is 45.4 Å². The number of nitrogens with zero attached hydrogens (tertiary/aromatic N) is 3. The van der Waals surface area contributed by atoms with E-state index in [9.17, 15) is 4.79 Å². The number of ether oxygens (including phenoxy) is 1. The van der Waals surface area contributed by atoms with Gasteiger partial charge in [-0.05, 0) is 56.2 Å². The number of rotatable bonds is 8. The lowest BCUT2D eigenvalue weighted by Crippen LogP contribution is -2.30. The van der Waals surface area contributed by atoms with E-state index in [1.807, 2.05) is 18.2 Å². The van der Waals surface area contributed by atoms with Crippen LogP contribution in [0.3, 0.4) is 0 Å². The Kier molecular flexibility index (Phi) is 6.41. The largest absolute Gasteiger partial charge is 0.482 e. The van der Waals surface area contributed by atoms with E-state index in [0.717, 1.165) is 18.5 Å². The van der Waals surface area contributed by atoms with E-state index in [1.54, 1.807) is 17.2 Å². The number of amides is 1. The van der Waals surface area contributed by atoms with E-state index in [-0.39, 0.29) is 12.5 Å². The number of hydrogen-bond acceptors (Lipinski definition) is 4. The Morgan fingerprint density at radius 2 is 2.12 bits per heavy atom. The Morgan fingerprint density at radius 1 is 1.27 bits per heavy atom. The van der Waals surface area contributed by atoms with Gasteiger partial charge in [-0.15, -0.1) is 10.2 Å². The van der Waals surface area contributed by atoms with Crippen LogP contribution in [0, 0.1) is 0 Å². The fourth-order valence-corrected chi connectivity index (χ4v) is 3.12. The zero-order chi connectivity index (χ0) is 18.2. The van der Waals surface area contributed by atoms with Crippen molar-refractivity contribution in [3.05, 3.63) is 48.1 Å². The Labute approximate surface area is 154 Å². The van der Waals surface area contributed by atoms with Crippen molar-refractivity contribution >= 4 is 5.91 Å². The molecule has 1 aliphatic carbocycles. The minimum atomic E-state index is -0.101. The summed E-state index contributed by atoms with van der Waals surface area (Å²) in [6.07, 6.45) is 12.3. The molecular formula is C20H26N4O2. The summed E-state index contributed by atoms with van der Waals surface area (Å²) in [6.45, 7) is 2.77. The van der Waals surface area contributed by atoms with Crippen LogP contribution in [0.4, 0.5) is 0 Å². The predicted molar refractivity (Wildman–Crippen MR) is 100 cm³/mol. The molecule has 0 atom stereocenters. The van der Waals surface area contributed by atoms with E-state index in [2.05, 4.69) is 28.5 Å². The van der Waals surface area contributed by atoms with Gasteiger partial charge < -0.3 is 10.1 Å². The number of aromatic nitrogens is 3. The third-order valence-corrected chi connectivity index (χ3v) is 4.64. The SMILES string of the molecule is CCc1ccc(OCC(=O)NCCC2=CCCCC2)c(-n2cnnc2)c1. The molecule has 2 aromatic rings. The number of carbonyl (C=O) groups excluding carboxylic acids is 1. The fourth-order valence-electron chi connectivity index (χ4n) is 3.12. The smallest absolute Gasteiger partial charge is 0.257 e. The van der Waals surface area contributed by atoms with Gasteiger partial charge in [0.15, 0.2) is 6.61 Å². The second-order valence-electron chi connectivity index (χ2n) is 6.52. The first-order valence-electron chi connectivity index (χ1n) is 9.31. The van der Waals surface area contributed by atoms with Crippen molar-refractivity contribution in [1.82, 2.24) is 20.1 Å². The van der Waals surface area contributed by atoms with Crippen LogP contribution >= 0.6 is 0 Å². The molecule has 138 valence electrons.